The molecular formula is C19H21ClN2O5. The number of aliphatic hydroxyl groups excluding tert-OH is 1. The first-order chi connectivity index (χ1) is 12.8. The molecule has 0 saturated carbocycles. The summed E-state index contributed by atoms with van der Waals surface area (Å²) in [5, 5.41) is 21.6. The standard InChI is InChI=1S/C19H21ClN2O5/c1-22(2)10-14(23)11-27-15-6-4-13(5-7-15)21-18(24)12-3-8-17(20)16(9-12)19(25)26/h3-9,14,23H,10-11H2,1-2H3,(H,21,24)(H,25,26). The van der Waals surface area contributed by atoms with Gasteiger partial charge in [-0.05, 0) is 56.6 Å². The number of halogens is 1. The Kier molecular flexibility index (Phi) is 7.18. The summed E-state index contributed by atoms with van der Waals surface area (Å²) in [5.41, 5.74) is 0.571. The maximum Gasteiger partial charge on any atom is 0.337 e. The highest BCUT2D eigenvalue weighted by molar-refractivity contribution is 6.33. The lowest BCUT2D eigenvalue weighted by atomic mass is 10.1. The Bertz CT molecular complexity index is 808. The van der Waals surface area contributed by atoms with Gasteiger partial charge in [0.15, 0.2) is 0 Å². The topological polar surface area (TPSA) is 99.1 Å². The summed E-state index contributed by atoms with van der Waals surface area (Å²) in [4.78, 5) is 25.3. The monoisotopic (exact) mass is 392 g/mol. The van der Waals surface area contributed by atoms with E-state index < -0.39 is 18.0 Å². The van der Waals surface area contributed by atoms with Crippen molar-refractivity contribution < 1.29 is 24.5 Å². The summed E-state index contributed by atoms with van der Waals surface area (Å²) in [5.74, 6) is -1.10. The van der Waals surface area contributed by atoms with Crippen molar-refractivity contribution in [1.82, 2.24) is 4.90 Å². The molecule has 144 valence electrons. The van der Waals surface area contributed by atoms with Gasteiger partial charge in [-0.15, -0.1) is 0 Å². The molecule has 0 aliphatic heterocycles. The molecule has 0 radical (unpaired) electrons. The van der Waals surface area contributed by atoms with Crippen LogP contribution in [0.25, 0.3) is 0 Å². The number of hydrogen-bond acceptors (Lipinski definition) is 5. The van der Waals surface area contributed by atoms with Crippen molar-refractivity contribution in [3.05, 3.63) is 58.6 Å². The molecule has 3 N–H and O–H groups in total. The number of nitrogens with zero attached hydrogens (tertiary/aromatic N) is 1. The Morgan fingerprint density at radius 3 is 2.44 bits per heavy atom. The molecular weight excluding hydrogens is 372 g/mol. The summed E-state index contributed by atoms with van der Waals surface area (Å²) in [7, 11) is 3.72. The SMILES string of the molecule is CN(C)CC(O)COc1ccc(NC(=O)c2ccc(Cl)c(C(=O)O)c2)cc1. The zero-order valence-corrected chi connectivity index (χ0v) is 15.7. The zero-order chi connectivity index (χ0) is 20.0. The molecule has 0 saturated heterocycles. The highest BCUT2D eigenvalue weighted by Gasteiger charge is 2.14. The number of carbonyl (C=O) groups excluding carboxylic acids is 1. The molecule has 1 unspecified atom stereocenters. The third-order valence-electron chi connectivity index (χ3n) is 3.59. The van der Waals surface area contributed by atoms with Crippen LogP contribution in [-0.2, 0) is 0 Å². The molecule has 0 aliphatic rings. The van der Waals surface area contributed by atoms with Crippen molar-refractivity contribution in [1.29, 1.82) is 0 Å². The van der Waals surface area contributed by atoms with E-state index in [0.29, 0.717) is 18.0 Å². The quantitative estimate of drug-likeness (QED) is 0.638. The zero-order valence-electron chi connectivity index (χ0n) is 15.0. The van der Waals surface area contributed by atoms with Crippen LogP contribution >= 0.6 is 11.6 Å². The fourth-order valence-electron chi connectivity index (χ4n) is 2.33. The van der Waals surface area contributed by atoms with Crippen LogP contribution in [0.5, 0.6) is 5.75 Å². The van der Waals surface area contributed by atoms with Crippen LogP contribution in [0.1, 0.15) is 20.7 Å². The van der Waals surface area contributed by atoms with Crippen LogP contribution in [0.15, 0.2) is 42.5 Å². The molecule has 0 fully saturated rings. The minimum Gasteiger partial charge on any atom is -0.491 e. The van der Waals surface area contributed by atoms with Gasteiger partial charge in [0.25, 0.3) is 5.91 Å². The number of carboxylic acids is 1. The van der Waals surface area contributed by atoms with Crippen LogP contribution in [0.2, 0.25) is 5.02 Å². The maximum atomic E-state index is 12.3. The predicted octanol–water partition coefficient (Wildman–Crippen LogP) is 2.59. The fraction of sp³-hybridized carbons (Fsp3) is 0.263. The summed E-state index contributed by atoms with van der Waals surface area (Å²) in [6, 6.07) is 10.7. The Balaban J connectivity index is 1.97. The molecule has 0 heterocycles. The minimum absolute atomic E-state index is 0.0667. The van der Waals surface area contributed by atoms with E-state index in [9.17, 15) is 14.7 Å². The van der Waals surface area contributed by atoms with Crippen molar-refractivity contribution >= 4 is 29.2 Å². The summed E-state index contributed by atoms with van der Waals surface area (Å²) in [6.45, 7) is 0.653. The van der Waals surface area contributed by atoms with E-state index in [1.165, 1.54) is 18.2 Å². The molecule has 1 atom stereocenters. The van der Waals surface area contributed by atoms with Crippen LogP contribution in [0.3, 0.4) is 0 Å². The van der Waals surface area contributed by atoms with Gasteiger partial charge in [-0.3, -0.25) is 4.79 Å². The smallest absolute Gasteiger partial charge is 0.337 e. The highest BCUT2D eigenvalue weighted by atomic mass is 35.5. The van der Waals surface area contributed by atoms with Crippen LogP contribution < -0.4 is 10.1 Å². The molecule has 2 rings (SSSR count). The van der Waals surface area contributed by atoms with Crippen molar-refractivity contribution in [2.75, 3.05) is 32.6 Å². The number of aliphatic hydroxyl groups is 1. The third kappa shape index (κ3) is 6.25. The van der Waals surface area contributed by atoms with Gasteiger partial charge in [0.05, 0.1) is 10.6 Å². The van der Waals surface area contributed by atoms with Crippen molar-refractivity contribution in [2.45, 2.75) is 6.10 Å². The van der Waals surface area contributed by atoms with E-state index in [0.717, 1.165) is 0 Å². The fourth-order valence-corrected chi connectivity index (χ4v) is 2.53. The Hall–Kier alpha value is -2.61. The number of hydrogen-bond donors (Lipinski definition) is 3. The maximum absolute atomic E-state index is 12.3. The molecule has 2 aromatic rings. The lowest BCUT2D eigenvalue weighted by Crippen LogP contribution is -2.30. The molecule has 0 aromatic heterocycles. The van der Waals surface area contributed by atoms with Gasteiger partial charge in [0.1, 0.15) is 18.5 Å². The van der Waals surface area contributed by atoms with Crippen molar-refractivity contribution in [2.24, 2.45) is 0 Å². The average Bonchev–Trinajstić information content (AvgIpc) is 2.60. The number of anilines is 1. The van der Waals surface area contributed by atoms with E-state index in [4.69, 9.17) is 21.4 Å². The Morgan fingerprint density at radius 1 is 1.19 bits per heavy atom. The number of amides is 1. The predicted molar refractivity (Wildman–Crippen MR) is 103 cm³/mol. The number of carbonyl (C=O) groups is 2. The molecule has 0 bridgehead atoms. The molecule has 27 heavy (non-hydrogen) atoms. The average molecular weight is 393 g/mol. The molecule has 8 heteroatoms. The second kappa shape index (κ2) is 9.36. The molecule has 0 spiro atoms. The number of ether oxygens (including phenoxy) is 1. The van der Waals surface area contributed by atoms with Crippen LogP contribution in [0.4, 0.5) is 5.69 Å². The lowest BCUT2D eigenvalue weighted by Gasteiger charge is -2.16. The number of likely N-dealkylation sites (N-methyl/N-ethyl adjacent to an activating group) is 1. The first-order valence-corrected chi connectivity index (χ1v) is 8.54. The molecule has 7 nitrogen and oxygen atoms in total. The van der Waals surface area contributed by atoms with Gasteiger partial charge >= 0.3 is 5.97 Å². The first kappa shape index (κ1) is 20.7. The second-order valence-corrected chi connectivity index (χ2v) is 6.61. The van der Waals surface area contributed by atoms with Crippen LogP contribution in [0, 0.1) is 0 Å². The number of benzene rings is 2. The van der Waals surface area contributed by atoms with E-state index >= 15 is 0 Å². The molecule has 0 aliphatic carbocycles. The van der Waals surface area contributed by atoms with E-state index in [2.05, 4.69) is 5.32 Å². The van der Waals surface area contributed by atoms with Gasteiger partial charge in [-0.25, -0.2) is 4.79 Å². The Labute approximate surface area is 162 Å². The van der Waals surface area contributed by atoms with Crippen molar-refractivity contribution in [3.8, 4) is 5.75 Å². The van der Waals surface area contributed by atoms with Gasteiger partial charge in [0, 0.05) is 17.8 Å². The van der Waals surface area contributed by atoms with Gasteiger partial charge in [-0.2, -0.15) is 0 Å². The van der Waals surface area contributed by atoms with E-state index in [1.807, 2.05) is 19.0 Å². The molecule has 2 aromatic carbocycles. The number of rotatable bonds is 8. The number of carboxylic acid groups (broad SMARTS) is 1. The van der Waals surface area contributed by atoms with Crippen LogP contribution in [-0.4, -0.2) is 60.3 Å². The summed E-state index contributed by atoms with van der Waals surface area (Å²) >= 11 is 5.81. The molecule has 1 amide bonds. The first-order valence-electron chi connectivity index (χ1n) is 8.16. The normalized spacial score (nSPS) is 11.9. The summed E-state index contributed by atoms with van der Waals surface area (Å²) < 4.78 is 5.50. The van der Waals surface area contributed by atoms with Gasteiger partial charge < -0.3 is 25.2 Å². The van der Waals surface area contributed by atoms with E-state index in [1.54, 1.807) is 24.3 Å². The number of aromatic carboxylic acids is 1. The van der Waals surface area contributed by atoms with E-state index in [-0.39, 0.29) is 22.8 Å². The summed E-state index contributed by atoms with van der Waals surface area (Å²) in [6.07, 6.45) is -0.604. The lowest BCUT2D eigenvalue weighted by molar-refractivity contribution is 0.0697. The minimum atomic E-state index is -1.20. The largest absolute Gasteiger partial charge is 0.491 e. The second-order valence-electron chi connectivity index (χ2n) is 6.21. The highest BCUT2D eigenvalue weighted by Crippen LogP contribution is 2.20. The Morgan fingerprint density at radius 2 is 1.85 bits per heavy atom. The third-order valence-corrected chi connectivity index (χ3v) is 3.92. The van der Waals surface area contributed by atoms with Gasteiger partial charge in [0.2, 0.25) is 0 Å². The van der Waals surface area contributed by atoms with Gasteiger partial charge in [-0.1, -0.05) is 11.6 Å². The van der Waals surface area contributed by atoms with Crippen molar-refractivity contribution in [3.63, 3.8) is 0 Å². The number of nitrogens with one attached hydrogen (secondary N) is 1.